The largest absolute Gasteiger partial charge is 0.0995 e. The molecule has 0 spiro atoms. The molecule has 7 aliphatic rings. The van der Waals surface area contributed by atoms with Crippen molar-refractivity contribution in [3.05, 3.63) is 124 Å². The molecule has 65 heavy (non-hydrogen) atoms. The summed E-state index contributed by atoms with van der Waals surface area (Å²) in [6, 6.07) is 17.2. The number of hydrogen-bond donors (Lipinski definition) is 0. The van der Waals surface area contributed by atoms with Crippen molar-refractivity contribution >= 4 is 5.57 Å². The van der Waals surface area contributed by atoms with Crippen LogP contribution in [0.3, 0.4) is 0 Å². The molecule has 2 aromatic rings. The highest BCUT2D eigenvalue weighted by Gasteiger charge is 2.39. The van der Waals surface area contributed by atoms with Crippen LogP contribution in [0.1, 0.15) is 228 Å². The van der Waals surface area contributed by atoms with E-state index in [0.717, 1.165) is 54.3 Å². The van der Waals surface area contributed by atoms with E-state index in [1.807, 2.05) is 0 Å². The maximum absolute atomic E-state index is 4.63. The van der Waals surface area contributed by atoms with Crippen LogP contribution < -0.4 is 0 Å². The predicted molar refractivity (Wildman–Crippen MR) is 281 cm³/mol. The summed E-state index contributed by atoms with van der Waals surface area (Å²) in [6.45, 7) is 25.8. The Bertz CT molecular complexity index is 2050. The van der Waals surface area contributed by atoms with E-state index in [1.165, 1.54) is 176 Å². The highest BCUT2D eigenvalue weighted by atomic mass is 14.4. The van der Waals surface area contributed by atoms with Gasteiger partial charge in [-0.05, 0) is 213 Å². The summed E-state index contributed by atoms with van der Waals surface area (Å²) in [5.41, 5.74) is 15.7. The minimum atomic E-state index is 0.207. The fourth-order valence-corrected chi connectivity index (χ4v) is 15.4. The average molecular weight is 873 g/mol. The van der Waals surface area contributed by atoms with Gasteiger partial charge in [0.15, 0.2) is 0 Å². The fraction of sp³-hybridized carbons (Fsp3) is 0.662. The van der Waals surface area contributed by atoms with E-state index in [1.54, 1.807) is 33.4 Å². The Morgan fingerprint density at radius 3 is 2.03 bits per heavy atom. The molecule has 2 aromatic carbocycles. The molecule has 0 N–H and O–H groups in total. The zero-order valence-electron chi connectivity index (χ0n) is 42.5. The summed E-state index contributed by atoms with van der Waals surface area (Å²) >= 11 is 0. The number of aryl methyl sites for hydroxylation is 1. The molecule has 0 heteroatoms. The van der Waals surface area contributed by atoms with Gasteiger partial charge in [0.25, 0.3) is 0 Å². The van der Waals surface area contributed by atoms with Crippen molar-refractivity contribution in [1.82, 2.24) is 0 Å². The van der Waals surface area contributed by atoms with Crippen molar-refractivity contribution in [3.8, 4) is 0 Å². The maximum Gasteiger partial charge on any atom is -0.00554 e. The first kappa shape index (κ1) is 47.2. The number of fused-ring (bicyclic) bond motifs is 1. The molecule has 0 aromatic heterocycles. The predicted octanol–water partition coefficient (Wildman–Crippen LogP) is 19.1. The van der Waals surface area contributed by atoms with Crippen LogP contribution in [0.4, 0.5) is 0 Å². The minimum Gasteiger partial charge on any atom is -0.0995 e. The van der Waals surface area contributed by atoms with E-state index in [2.05, 4.69) is 109 Å². The Morgan fingerprint density at radius 1 is 0.723 bits per heavy atom. The monoisotopic (exact) mass is 873 g/mol. The second kappa shape index (κ2) is 20.4. The van der Waals surface area contributed by atoms with Crippen molar-refractivity contribution in [2.45, 2.75) is 213 Å². The van der Waals surface area contributed by atoms with Gasteiger partial charge in [-0.3, -0.25) is 0 Å². The number of allylic oxidation sites excluding steroid dienone is 7. The van der Waals surface area contributed by atoms with Gasteiger partial charge in [-0.25, -0.2) is 0 Å². The normalized spacial score (nSPS) is 33.0. The van der Waals surface area contributed by atoms with Crippen LogP contribution >= 0.6 is 0 Å². The lowest BCUT2D eigenvalue weighted by Crippen LogP contribution is -2.30. The highest BCUT2D eigenvalue weighted by molar-refractivity contribution is 5.74. The molecule has 2 unspecified atom stereocenters. The molecule has 5 saturated carbocycles. The third-order valence-electron chi connectivity index (χ3n) is 20.0. The van der Waals surface area contributed by atoms with Gasteiger partial charge in [0, 0.05) is 0 Å². The Hall–Kier alpha value is -2.86. The Morgan fingerprint density at radius 2 is 1.38 bits per heavy atom. The first-order chi connectivity index (χ1) is 31.3. The number of benzene rings is 2. The van der Waals surface area contributed by atoms with Crippen LogP contribution in [0.25, 0.3) is 5.57 Å². The topological polar surface area (TPSA) is 0 Å². The SMILES string of the molecule is C=C1CC[C@H](C2Cc3cc(C4CCC(CC5CCC(CCC6CCC(CC7=CCC(C)(CCc8cccc([C@H](C)C9CCC9)c8)C(C(C)(C)C)=C7)CC6)CC5)CC4)ccc3C2=C)C(=C)C1. The van der Waals surface area contributed by atoms with Crippen molar-refractivity contribution in [1.29, 1.82) is 0 Å². The molecular weight excluding hydrogens is 781 g/mol. The summed E-state index contributed by atoms with van der Waals surface area (Å²) in [5, 5.41) is 0. The Balaban J connectivity index is 0.664. The van der Waals surface area contributed by atoms with Gasteiger partial charge in [0.05, 0.1) is 0 Å². The van der Waals surface area contributed by atoms with Crippen LogP contribution in [-0.4, -0.2) is 0 Å². The third kappa shape index (κ3) is 11.2. The van der Waals surface area contributed by atoms with Gasteiger partial charge in [-0.1, -0.05) is 189 Å². The second-order valence-electron chi connectivity index (χ2n) is 25.6. The van der Waals surface area contributed by atoms with Gasteiger partial charge in [0.1, 0.15) is 0 Å². The van der Waals surface area contributed by atoms with E-state index < -0.39 is 0 Å². The molecule has 0 saturated heterocycles. The molecule has 0 aliphatic heterocycles. The zero-order valence-corrected chi connectivity index (χ0v) is 42.5. The van der Waals surface area contributed by atoms with Crippen LogP contribution in [0.2, 0.25) is 0 Å². The first-order valence-corrected chi connectivity index (χ1v) is 27.9. The number of hydrogen-bond acceptors (Lipinski definition) is 0. The van der Waals surface area contributed by atoms with Crippen molar-refractivity contribution < 1.29 is 0 Å². The van der Waals surface area contributed by atoms with Crippen molar-refractivity contribution in [2.24, 2.45) is 58.2 Å². The summed E-state index contributed by atoms with van der Waals surface area (Å²) in [6.07, 6.45) is 41.4. The van der Waals surface area contributed by atoms with E-state index in [9.17, 15) is 0 Å². The molecule has 5 fully saturated rings. The number of rotatable bonds is 14. The molecule has 4 atom stereocenters. The molecular formula is C65H92. The lowest BCUT2D eigenvalue weighted by Gasteiger charge is -2.42. The molecule has 0 bridgehead atoms. The molecule has 0 amide bonds. The van der Waals surface area contributed by atoms with Crippen LogP contribution in [0, 0.1) is 58.2 Å². The molecule has 352 valence electrons. The Kier molecular flexibility index (Phi) is 14.8. The van der Waals surface area contributed by atoms with Gasteiger partial charge in [-0.2, -0.15) is 0 Å². The van der Waals surface area contributed by atoms with E-state index in [4.69, 9.17) is 0 Å². The molecule has 7 aliphatic carbocycles. The van der Waals surface area contributed by atoms with Crippen molar-refractivity contribution in [2.75, 3.05) is 0 Å². The Labute approximate surface area is 399 Å². The maximum atomic E-state index is 4.63. The van der Waals surface area contributed by atoms with Crippen LogP contribution in [0.15, 0.2) is 96.6 Å². The smallest absolute Gasteiger partial charge is 0.00554 e. The lowest BCUT2D eigenvalue weighted by atomic mass is 9.62. The molecule has 0 heterocycles. The highest BCUT2D eigenvalue weighted by Crippen LogP contribution is 2.52. The van der Waals surface area contributed by atoms with Gasteiger partial charge >= 0.3 is 0 Å². The summed E-state index contributed by atoms with van der Waals surface area (Å²) in [4.78, 5) is 0. The second-order valence-corrected chi connectivity index (χ2v) is 25.6. The fourth-order valence-electron chi connectivity index (χ4n) is 15.4. The molecule has 0 radical (unpaired) electrons. The molecule has 0 nitrogen and oxygen atoms in total. The van der Waals surface area contributed by atoms with Crippen molar-refractivity contribution in [3.63, 3.8) is 0 Å². The zero-order chi connectivity index (χ0) is 45.3. The molecule has 9 rings (SSSR count). The standard InChI is InChI=1S/C65H92/c1-44-15-31-60(45(2)37-44)62-43-59-42-58(30-32-61(59)47(62)4)56-28-26-53(27-29-56)38-51-22-18-48(19-23-51)16-17-49-20-24-52(25-21-49)39-54-34-36-65(8,63(41-54)64(5,6)7)35-33-50-11-9-14-57(40-50)46(3)55-12-10-13-55/h9,11,14,30,32,34,40-42,46,48-49,51-53,55-56,60,62H,1-2,4,10,12-13,15-29,31,33,35-39,43H2,3,5-8H3/t46-,48?,49?,51?,52?,53?,56?,60+,62?,65?/m1/s1. The average Bonchev–Trinajstić information content (AvgIpc) is 3.60. The van der Waals surface area contributed by atoms with Crippen LogP contribution in [0.5, 0.6) is 0 Å². The van der Waals surface area contributed by atoms with E-state index in [-0.39, 0.29) is 10.8 Å². The lowest BCUT2D eigenvalue weighted by molar-refractivity contribution is 0.187. The summed E-state index contributed by atoms with van der Waals surface area (Å²) in [5.74, 6) is 8.37. The third-order valence-corrected chi connectivity index (χ3v) is 20.0. The summed E-state index contributed by atoms with van der Waals surface area (Å²) < 4.78 is 0. The van der Waals surface area contributed by atoms with Gasteiger partial charge in [-0.15, -0.1) is 0 Å². The van der Waals surface area contributed by atoms with Gasteiger partial charge < -0.3 is 0 Å². The van der Waals surface area contributed by atoms with Crippen LogP contribution in [-0.2, 0) is 12.8 Å². The quantitative estimate of drug-likeness (QED) is 0.166. The van der Waals surface area contributed by atoms with Gasteiger partial charge in [0.2, 0.25) is 0 Å². The van der Waals surface area contributed by atoms with E-state index >= 15 is 0 Å². The first-order valence-electron chi connectivity index (χ1n) is 27.9. The summed E-state index contributed by atoms with van der Waals surface area (Å²) in [7, 11) is 0. The minimum absolute atomic E-state index is 0.207. The van der Waals surface area contributed by atoms with E-state index in [0.29, 0.717) is 17.8 Å².